The van der Waals surface area contributed by atoms with Gasteiger partial charge in [-0.3, -0.25) is 9.78 Å². The van der Waals surface area contributed by atoms with Crippen molar-refractivity contribution in [1.29, 1.82) is 0 Å². The van der Waals surface area contributed by atoms with Crippen LogP contribution in [0.25, 0.3) is 0 Å². The zero-order valence-electron chi connectivity index (χ0n) is 14.1. The van der Waals surface area contributed by atoms with Crippen LogP contribution in [-0.2, 0) is 0 Å². The first-order chi connectivity index (χ1) is 12.2. The Morgan fingerprint density at radius 3 is 2.88 bits per heavy atom. The van der Waals surface area contributed by atoms with Crippen molar-refractivity contribution in [2.45, 2.75) is 32.1 Å². The molecule has 0 atom stereocenters. The van der Waals surface area contributed by atoms with E-state index in [1.807, 2.05) is 0 Å². The number of anilines is 2. The van der Waals surface area contributed by atoms with Crippen LogP contribution in [0.5, 0.6) is 0 Å². The van der Waals surface area contributed by atoms with Crippen molar-refractivity contribution in [3.63, 3.8) is 0 Å². The number of pyridine rings is 1. The van der Waals surface area contributed by atoms with Gasteiger partial charge in [-0.25, -0.2) is 4.39 Å². The molecule has 4 nitrogen and oxygen atoms in total. The summed E-state index contributed by atoms with van der Waals surface area (Å²) in [4.78, 5) is 16.4. The minimum absolute atomic E-state index is 0.162. The van der Waals surface area contributed by atoms with E-state index in [4.69, 9.17) is 0 Å². The number of halogens is 1. The lowest BCUT2D eigenvalue weighted by atomic mass is 9.97. The minimum atomic E-state index is -0.459. The fourth-order valence-electron chi connectivity index (χ4n) is 2.92. The second-order valence-electron chi connectivity index (χ2n) is 6.18. The Morgan fingerprint density at radius 1 is 1.20 bits per heavy atom. The summed E-state index contributed by atoms with van der Waals surface area (Å²) in [5.41, 5.74) is 2.85. The molecular weight excluding hydrogens is 317 g/mol. The highest BCUT2D eigenvalue weighted by Crippen LogP contribution is 2.20. The maximum absolute atomic E-state index is 13.6. The zero-order valence-corrected chi connectivity index (χ0v) is 14.1. The monoisotopic (exact) mass is 339 g/mol. The third-order valence-corrected chi connectivity index (χ3v) is 4.28. The second kappa shape index (κ2) is 8.42. The number of nitrogens with zero attached hydrogens (tertiary/aromatic N) is 1. The van der Waals surface area contributed by atoms with Gasteiger partial charge in [0.25, 0.3) is 5.91 Å². The maximum Gasteiger partial charge on any atom is 0.257 e. The van der Waals surface area contributed by atoms with Gasteiger partial charge in [-0.1, -0.05) is 23.8 Å². The van der Waals surface area contributed by atoms with Gasteiger partial charge in [-0.05, 0) is 50.3 Å². The molecule has 1 aliphatic carbocycles. The van der Waals surface area contributed by atoms with Crippen molar-refractivity contribution in [1.82, 2.24) is 4.98 Å². The summed E-state index contributed by atoms with van der Waals surface area (Å²) in [7, 11) is 0. The van der Waals surface area contributed by atoms with Crippen LogP contribution in [0.3, 0.4) is 0 Å². The van der Waals surface area contributed by atoms with Crippen LogP contribution >= 0.6 is 0 Å². The van der Waals surface area contributed by atoms with E-state index >= 15 is 0 Å². The highest BCUT2D eigenvalue weighted by atomic mass is 19.1. The number of carbonyl (C=O) groups excluding carboxylic acids is 1. The van der Waals surface area contributed by atoms with E-state index in [2.05, 4.69) is 21.7 Å². The maximum atomic E-state index is 13.6. The van der Waals surface area contributed by atoms with Gasteiger partial charge in [0.2, 0.25) is 0 Å². The van der Waals surface area contributed by atoms with Crippen LogP contribution in [0.2, 0.25) is 0 Å². The number of hydrogen-bond acceptors (Lipinski definition) is 3. The van der Waals surface area contributed by atoms with Gasteiger partial charge in [0.1, 0.15) is 5.82 Å². The summed E-state index contributed by atoms with van der Waals surface area (Å²) in [6, 6.07) is 7.83. The van der Waals surface area contributed by atoms with Gasteiger partial charge >= 0.3 is 0 Å². The standard InChI is InChI=1S/C20H22FN3O/c21-18-8-4-5-9-19(18)24-20(25)16-12-17(14-22-13-16)23-11-10-15-6-2-1-3-7-15/h4-6,8-9,12-14,23H,1-3,7,10-11H2,(H,24,25). The van der Waals surface area contributed by atoms with Crippen LogP contribution in [0.1, 0.15) is 42.5 Å². The predicted molar refractivity (Wildman–Crippen MR) is 98.2 cm³/mol. The molecule has 0 unspecified atom stereocenters. The number of amides is 1. The van der Waals surface area contributed by atoms with Gasteiger partial charge in [-0.15, -0.1) is 0 Å². The molecular formula is C20H22FN3O. The topological polar surface area (TPSA) is 54.0 Å². The van der Waals surface area contributed by atoms with Crippen LogP contribution in [-0.4, -0.2) is 17.4 Å². The molecule has 0 saturated heterocycles. The first-order valence-corrected chi connectivity index (χ1v) is 8.65. The van der Waals surface area contributed by atoms with Crippen molar-refractivity contribution >= 4 is 17.3 Å². The number of carbonyl (C=O) groups is 1. The normalized spacial score (nSPS) is 13.9. The molecule has 1 aromatic carbocycles. The van der Waals surface area contributed by atoms with Crippen LogP contribution in [0.4, 0.5) is 15.8 Å². The minimum Gasteiger partial charge on any atom is -0.383 e. The molecule has 5 heteroatoms. The number of para-hydroxylation sites is 1. The molecule has 0 saturated carbocycles. The summed E-state index contributed by atoms with van der Waals surface area (Å²) in [5, 5.41) is 5.88. The lowest BCUT2D eigenvalue weighted by Crippen LogP contribution is -2.14. The Balaban J connectivity index is 1.58. The molecule has 3 rings (SSSR count). The molecule has 2 aromatic rings. The van der Waals surface area contributed by atoms with Crippen molar-refractivity contribution in [3.8, 4) is 0 Å². The lowest BCUT2D eigenvalue weighted by Gasteiger charge is -2.13. The fourth-order valence-corrected chi connectivity index (χ4v) is 2.92. The number of benzene rings is 1. The Labute approximate surface area is 147 Å². The fraction of sp³-hybridized carbons (Fsp3) is 0.300. The first-order valence-electron chi connectivity index (χ1n) is 8.65. The molecule has 0 radical (unpaired) electrons. The van der Waals surface area contributed by atoms with Crippen LogP contribution in [0, 0.1) is 5.82 Å². The smallest absolute Gasteiger partial charge is 0.257 e. The second-order valence-corrected chi connectivity index (χ2v) is 6.18. The van der Waals surface area contributed by atoms with E-state index in [9.17, 15) is 9.18 Å². The third-order valence-electron chi connectivity index (χ3n) is 4.28. The van der Waals surface area contributed by atoms with Crippen molar-refractivity contribution < 1.29 is 9.18 Å². The van der Waals surface area contributed by atoms with Crippen molar-refractivity contribution in [3.05, 3.63) is 65.8 Å². The molecule has 130 valence electrons. The van der Waals surface area contributed by atoms with E-state index in [1.165, 1.54) is 49.6 Å². The molecule has 0 aliphatic heterocycles. The van der Waals surface area contributed by atoms with E-state index < -0.39 is 5.82 Å². The van der Waals surface area contributed by atoms with Gasteiger partial charge in [0.05, 0.1) is 16.9 Å². The average Bonchev–Trinajstić information content (AvgIpc) is 2.65. The molecule has 25 heavy (non-hydrogen) atoms. The van der Waals surface area contributed by atoms with Crippen molar-refractivity contribution in [2.24, 2.45) is 0 Å². The molecule has 1 aromatic heterocycles. The molecule has 0 spiro atoms. The summed E-state index contributed by atoms with van der Waals surface area (Å²) >= 11 is 0. The quantitative estimate of drug-likeness (QED) is 0.745. The third kappa shape index (κ3) is 4.89. The Hall–Kier alpha value is -2.69. The van der Waals surface area contributed by atoms with Crippen molar-refractivity contribution in [2.75, 3.05) is 17.2 Å². The largest absolute Gasteiger partial charge is 0.383 e. The van der Waals surface area contributed by atoms with Gasteiger partial charge in [-0.2, -0.15) is 0 Å². The highest BCUT2D eigenvalue weighted by molar-refractivity contribution is 6.04. The zero-order chi connectivity index (χ0) is 17.5. The number of aromatic nitrogens is 1. The summed E-state index contributed by atoms with van der Waals surface area (Å²) in [5.74, 6) is -0.838. The average molecular weight is 339 g/mol. The van der Waals surface area contributed by atoms with Gasteiger partial charge in [0.15, 0.2) is 0 Å². The van der Waals surface area contributed by atoms with E-state index in [0.717, 1.165) is 18.7 Å². The molecule has 1 aliphatic rings. The van der Waals surface area contributed by atoms with E-state index in [1.54, 1.807) is 24.4 Å². The first kappa shape index (κ1) is 17.1. The number of allylic oxidation sites excluding steroid dienone is 1. The highest BCUT2D eigenvalue weighted by Gasteiger charge is 2.10. The Bertz CT molecular complexity index is 773. The Morgan fingerprint density at radius 2 is 2.08 bits per heavy atom. The van der Waals surface area contributed by atoms with Gasteiger partial charge in [0, 0.05) is 18.9 Å². The molecule has 0 fully saturated rings. The van der Waals surface area contributed by atoms with Gasteiger partial charge < -0.3 is 10.6 Å². The number of hydrogen-bond donors (Lipinski definition) is 2. The molecule has 2 N–H and O–H groups in total. The van der Waals surface area contributed by atoms with E-state index in [-0.39, 0.29) is 11.6 Å². The SMILES string of the molecule is O=C(Nc1ccccc1F)c1cncc(NCCC2=CCCCC2)c1. The number of rotatable bonds is 6. The van der Waals surface area contributed by atoms with Crippen LogP contribution in [0.15, 0.2) is 54.4 Å². The summed E-state index contributed by atoms with van der Waals surface area (Å²) in [6.45, 7) is 0.811. The van der Waals surface area contributed by atoms with E-state index in [0.29, 0.717) is 5.56 Å². The lowest BCUT2D eigenvalue weighted by molar-refractivity contribution is 0.102. The predicted octanol–water partition coefficient (Wildman–Crippen LogP) is 4.78. The molecule has 1 heterocycles. The molecule has 1 amide bonds. The Kier molecular flexibility index (Phi) is 5.77. The number of nitrogens with one attached hydrogen (secondary N) is 2. The summed E-state index contributed by atoms with van der Waals surface area (Å²) < 4.78 is 13.6. The summed E-state index contributed by atoms with van der Waals surface area (Å²) in [6.07, 6.45) is 11.4. The molecule has 0 bridgehead atoms. The van der Waals surface area contributed by atoms with Crippen LogP contribution < -0.4 is 10.6 Å².